The lowest BCUT2D eigenvalue weighted by Gasteiger charge is -2.13. The number of carbonyl (C=O) groups excluding carboxylic acids is 5. The summed E-state index contributed by atoms with van der Waals surface area (Å²) in [6.45, 7) is 2.93. The van der Waals surface area contributed by atoms with Gasteiger partial charge in [-0.25, -0.2) is 0 Å². The summed E-state index contributed by atoms with van der Waals surface area (Å²) in [5, 5.41) is 2.43. The predicted molar refractivity (Wildman–Crippen MR) is 122 cm³/mol. The van der Waals surface area contributed by atoms with Gasteiger partial charge in [0.2, 0.25) is 5.88 Å². The van der Waals surface area contributed by atoms with E-state index in [2.05, 4.69) is 5.32 Å². The summed E-state index contributed by atoms with van der Waals surface area (Å²) < 4.78 is 5.40. The first-order valence-electron chi connectivity index (χ1n) is 10.5. The number of nitrogens with one attached hydrogen (secondary N) is 1. The molecular weight excluding hydrogens is 438 g/mol. The Balaban J connectivity index is 1.56. The highest BCUT2D eigenvalue weighted by atomic mass is 16.4. The number of furan rings is 1. The van der Waals surface area contributed by atoms with Crippen molar-refractivity contribution >= 4 is 35.3 Å². The van der Waals surface area contributed by atoms with Crippen LogP contribution < -0.4 is 11.1 Å². The first-order valence-corrected chi connectivity index (χ1v) is 10.5. The van der Waals surface area contributed by atoms with Crippen molar-refractivity contribution in [2.24, 2.45) is 5.73 Å². The SMILES string of the molecule is CC(=O)c1c(C)oc(NC(=O)c2ccc3c(c2)C(=O)N(CCc2ccccc2)C3=O)c1C(N)=O. The lowest BCUT2D eigenvalue weighted by molar-refractivity contribution is 0.0655. The van der Waals surface area contributed by atoms with Gasteiger partial charge < -0.3 is 10.2 Å². The van der Waals surface area contributed by atoms with Crippen molar-refractivity contribution in [1.82, 2.24) is 4.90 Å². The first-order chi connectivity index (χ1) is 16.2. The molecule has 3 N–H and O–H groups in total. The molecule has 172 valence electrons. The normalized spacial score (nSPS) is 12.6. The van der Waals surface area contributed by atoms with E-state index in [1.807, 2.05) is 30.3 Å². The minimum absolute atomic E-state index is 0.00779. The molecule has 1 aliphatic heterocycles. The number of anilines is 1. The number of primary amides is 1. The number of rotatable bonds is 7. The van der Waals surface area contributed by atoms with Crippen molar-refractivity contribution in [1.29, 1.82) is 0 Å². The van der Waals surface area contributed by atoms with Gasteiger partial charge in [0.05, 0.1) is 16.7 Å². The summed E-state index contributed by atoms with van der Waals surface area (Å²) in [4.78, 5) is 63.4. The van der Waals surface area contributed by atoms with Gasteiger partial charge in [-0.05, 0) is 44.0 Å². The molecule has 9 heteroatoms. The minimum atomic E-state index is -0.930. The Morgan fingerprint density at radius 1 is 0.971 bits per heavy atom. The number of nitrogens with two attached hydrogens (primary N) is 1. The van der Waals surface area contributed by atoms with E-state index in [0.29, 0.717) is 6.42 Å². The second-order valence-electron chi connectivity index (χ2n) is 7.87. The fraction of sp³-hybridized carbons (Fsp3) is 0.160. The zero-order chi connectivity index (χ0) is 24.6. The number of Topliss-reactive ketones (excluding diaryl/α,β-unsaturated/α-hetero) is 1. The molecule has 3 aromatic rings. The van der Waals surface area contributed by atoms with Crippen LogP contribution in [0.4, 0.5) is 5.88 Å². The molecular formula is C25H21N3O6. The second-order valence-corrected chi connectivity index (χ2v) is 7.87. The molecule has 9 nitrogen and oxygen atoms in total. The summed E-state index contributed by atoms with van der Waals surface area (Å²) in [7, 11) is 0. The van der Waals surface area contributed by atoms with Gasteiger partial charge in [-0.2, -0.15) is 0 Å². The topological polar surface area (TPSA) is 140 Å². The highest BCUT2D eigenvalue weighted by Crippen LogP contribution is 2.29. The average molecular weight is 459 g/mol. The highest BCUT2D eigenvalue weighted by Gasteiger charge is 2.36. The molecule has 0 bridgehead atoms. The molecule has 0 unspecified atom stereocenters. The third kappa shape index (κ3) is 3.99. The predicted octanol–water partition coefficient (Wildman–Crippen LogP) is 2.98. The van der Waals surface area contributed by atoms with Gasteiger partial charge in [0.25, 0.3) is 23.6 Å². The van der Waals surface area contributed by atoms with E-state index in [1.54, 1.807) is 0 Å². The van der Waals surface area contributed by atoms with Crippen LogP contribution in [0, 0.1) is 6.92 Å². The molecule has 1 aliphatic rings. The van der Waals surface area contributed by atoms with E-state index < -0.39 is 29.4 Å². The molecule has 2 heterocycles. The number of hydrogen-bond donors (Lipinski definition) is 2. The number of fused-ring (bicyclic) bond motifs is 1. The number of aryl methyl sites for hydroxylation is 1. The molecule has 0 saturated carbocycles. The Morgan fingerprint density at radius 2 is 1.65 bits per heavy atom. The Labute approximate surface area is 194 Å². The Hall–Kier alpha value is -4.53. The van der Waals surface area contributed by atoms with Crippen molar-refractivity contribution in [3.05, 3.63) is 87.7 Å². The standard InChI is InChI=1S/C25H21N3O6/c1-13(29)19-14(2)34-23(20(19)21(26)30)27-22(31)16-8-9-17-18(12-16)25(33)28(24(17)32)11-10-15-6-4-3-5-7-15/h3-9,12H,10-11H2,1-2H3,(H2,26,30)(H,27,31). The summed E-state index contributed by atoms with van der Waals surface area (Å²) in [5.41, 5.74) is 6.53. The van der Waals surface area contributed by atoms with Gasteiger partial charge in [-0.3, -0.25) is 34.2 Å². The van der Waals surface area contributed by atoms with Gasteiger partial charge in [-0.1, -0.05) is 30.3 Å². The van der Waals surface area contributed by atoms with Crippen molar-refractivity contribution in [2.75, 3.05) is 11.9 Å². The Morgan fingerprint density at radius 3 is 2.29 bits per heavy atom. The van der Waals surface area contributed by atoms with Crippen LogP contribution in [0.3, 0.4) is 0 Å². The largest absolute Gasteiger partial charge is 0.444 e. The molecule has 0 atom stereocenters. The minimum Gasteiger partial charge on any atom is -0.444 e. The van der Waals surface area contributed by atoms with E-state index in [1.165, 1.54) is 32.0 Å². The molecule has 0 aliphatic carbocycles. The van der Waals surface area contributed by atoms with Gasteiger partial charge in [0.1, 0.15) is 11.3 Å². The van der Waals surface area contributed by atoms with E-state index in [0.717, 1.165) is 10.5 Å². The summed E-state index contributed by atoms with van der Waals surface area (Å²) in [6, 6.07) is 13.6. The number of ketones is 1. The third-order valence-electron chi connectivity index (χ3n) is 5.61. The first kappa shape index (κ1) is 22.7. The van der Waals surface area contributed by atoms with E-state index in [-0.39, 0.29) is 46.0 Å². The van der Waals surface area contributed by atoms with Crippen molar-refractivity contribution in [2.45, 2.75) is 20.3 Å². The van der Waals surface area contributed by atoms with Crippen LogP contribution in [0.15, 0.2) is 52.9 Å². The summed E-state index contributed by atoms with van der Waals surface area (Å²) in [6.07, 6.45) is 0.506. The molecule has 1 aromatic heterocycles. The van der Waals surface area contributed by atoms with Crippen LogP contribution in [-0.2, 0) is 6.42 Å². The number of amides is 4. The third-order valence-corrected chi connectivity index (χ3v) is 5.61. The summed E-state index contributed by atoms with van der Waals surface area (Å²) >= 11 is 0. The van der Waals surface area contributed by atoms with Crippen LogP contribution in [0.1, 0.15) is 70.0 Å². The van der Waals surface area contributed by atoms with Gasteiger partial charge in [0, 0.05) is 12.1 Å². The molecule has 34 heavy (non-hydrogen) atoms. The van der Waals surface area contributed by atoms with Crippen LogP contribution in [0.2, 0.25) is 0 Å². The lowest BCUT2D eigenvalue weighted by Crippen LogP contribution is -2.31. The van der Waals surface area contributed by atoms with Crippen molar-refractivity contribution in [3.8, 4) is 0 Å². The van der Waals surface area contributed by atoms with E-state index in [9.17, 15) is 24.0 Å². The van der Waals surface area contributed by atoms with Crippen molar-refractivity contribution < 1.29 is 28.4 Å². The van der Waals surface area contributed by atoms with Gasteiger partial charge in [0.15, 0.2) is 5.78 Å². The van der Waals surface area contributed by atoms with Crippen LogP contribution >= 0.6 is 0 Å². The smallest absolute Gasteiger partial charge is 0.261 e. The number of carbonyl (C=O) groups is 5. The average Bonchev–Trinajstić information content (AvgIpc) is 3.26. The molecule has 2 aromatic carbocycles. The molecule has 4 rings (SSSR count). The molecule has 0 saturated heterocycles. The fourth-order valence-corrected chi connectivity index (χ4v) is 3.99. The molecule has 0 fully saturated rings. The maximum absolute atomic E-state index is 12.9. The van der Waals surface area contributed by atoms with Crippen molar-refractivity contribution in [3.63, 3.8) is 0 Å². The summed E-state index contributed by atoms with van der Waals surface area (Å²) in [5.74, 6) is -3.10. The number of imide groups is 1. The molecule has 0 radical (unpaired) electrons. The number of benzene rings is 2. The number of hydrogen-bond acceptors (Lipinski definition) is 6. The van der Waals surface area contributed by atoms with Crippen LogP contribution in [-0.4, -0.2) is 40.9 Å². The Bertz CT molecular complexity index is 1360. The second kappa shape index (κ2) is 8.78. The molecule has 4 amide bonds. The van der Waals surface area contributed by atoms with Crippen LogP contribution in [0.25, 0.3) is 0 Å². The maximum atomic E-state index is 12.9. The lowest BCUT2D eigenvalue weighted by atomic mass is 10.0. The zero-order valence-electron chi connectivity index (χ0n) is 18.5. The van der Waals surface area contributed by atoms with Crippen LogP contribution in [0.5, 0.6) is 0 Å². The highest BCUT2D eigenvalue weighted by molar-refractivity contribution is 6.22. The zero-order valence-corrected chi connectivity index (χ0v) is 18.5. The molecule has 0 spiro atoms. The Kier molecular flexibility index (Phi) is 5.85. The van der Waals surface area contributed by atoms with E-state index in [4.69, 9.17) is 10.2 Å². The van der Waals surface area contributed by atoms with E-state index >= 15 is 0 Å². The fourth-order valence-electron chi connectivity index (χ4n) is 3.99. The number of nitrogens with zero attached hydrogens (tertiary/aromatic N) is 1. The monoisotopic (exact) mass is 459 g/mol. The quantitative estimate of drug-likeness (QED) is 0.411. The van der Waals surface area contributed by atoms with Gasteiger partial charge in [-0.15, -0.1) is 0 Å². The maximum Gasteiger partial charge on any atom is 0.261 e. The van der Waals surface area contributed by atoms with Gasteiger partial charge >= 0.3 is 0 Å².